The quantitative estimate of drug-likeness (QED) is 0.748. The van der Waals surface area contributed by atoms with Crippen LogP contribution in [0.1, 0.15) is 6.92 Å². The Balaban J connectivity index is 1.71. The van der Waals surface area contributed by atoms with Crippen molar-refractivity contribution in [1.29, 1.82) is 0 Å². The van der Waals surface area contributed by atoms with Crippen LogP contribution in [-0.2, 0) is 0 Å². The summed E-state index contributed by atoms with van der Waals surface area (Å²) in [7, 11) is 0. The second kappa shape index (κ2) is 7.65. The van der Waals surface area contributed by atoms with E-state index in [-0.39, 0.29) is 0 Å². The SMILES string of the molecule is CCOc1ccc(NCCNc2ccc(Cl)cc2)cc1. The van der Waals surface area contributed by atoms with Crippen LogP contribution in [0.2, 0.25) is 5.02 Å². The monoisotopic (exact) mass is 290 g/mol. The molecular formula is C16H19ClN2O. The third kappa shape index (κ3) is 4.67. The molecule has 0 saturated heterocycles. The highest BCUT2D eigenvalue weighted by Gasteiger charge is 1.95. The van der Waals surface area contributed by atoms with Gasteiger partial charge in [-0.15, -0.1) is 0 Å². The van der Waals surface area contributed by atoms with E-state index in [0.29, 0.717) is 6.61 Å². The molecule has 0 bridgehead atoms. The second-order valence-corrected chi connectivity index (χ2v) is 4.75. The lowest BCUT2D eigenvalue weighted by Gasteiger charge is -2.10. The molecule has 2 aromatic rings. The van der Waals surface area contributed by atoms with Crippen LogP contribution < -0.4 is 15.4 Å². The smallest absolute Gasteiger partial charge is 0.119 e. The molecule has 0 aromatic heterocycles. The summed E-state index contributed by atoms with van der Waals surface area (Å²) in [6.45, 7) is 4.36. The van der Waals surface area contributed by atoms with E-state index in [4.69, 9.17) is 16.3 Å². The van der Waals surface area contributed by atoms with Gasteiger partial charge in [0.05, 0.1) is 6.61 Å². The van der Waals surface area contributed by atoms with Crippen molar-refractivity contribution in [2.75, 3.05) is 30.3 Å². The summed E-state index contributed by atoms with van der Waals surface area (Å²) in [5, 5.41) is 7.43. The Morgan fingerprint density at radius 1 is 0.850 bits per heavy atom. The highest BCUT2D eigenvalue weighted by Crippen LogP contribution is 2.15. The molecule has 0 amide bonds. The summed E-state index contributed by atoms with van der Waals surface area (Å²) in [5.41, 5.74) is 2.16. The van der Waals surface area contributed by atoms with Crippen molar-refractivity contribution < 1.29 is 4.74 Å². The molecule has 0 aliphatic heterocycles. The van der Waals surface area contributed by atoms with Crippen molar-refractivity contribution >= 4 is 23.0 Å². The van der Waals surface area contributed by atoms with E-state index in [9.17, 15) is 0 Å². The summed E-state index contributed by atoms with van der Waals surface area (Å²) in [6.07, 6.45) is 0. The normalized spacial score (nSPS) is 10.1. The third-order valence-corrected chi connectivity index (χ3v) is 3.04. The van der Waals surface area contributed by atoms with Crippen LogP contribution in [-0.4, -0.2) is 19.7 Å². The average Bonchev–Trinajstić information content (AvgIpc) is 2.47. The maximum Gasteiger partial charge on any atom is 0.119 e. The molecule has 0 atom stereocenters. The van der Waals surface area contributed by atoms with Crippen molar-refractivity contribution in [2.24, 2.45) is 0 Å². The highest BCUT2D eigenvalue weighted by atomic mass is 35.5. The number of ether oxygens (including phenoxy) is 1. The summed E-state index contributed by atoms with van der Waals surface area (Å²) >= 11 is 5.84. The van der Waals surface area contributed by atoms with Crippen molar-refractivity contribution in [2.45, 2.75) is 6.92 Å². The maximum absolute atomic E-state index is 5.84. The van der Waals surface area contributed by atoms with Crippen LogP contribution in [0.3, 0.4) is 0 Å². The van der Waals surface area contributed by atoms with E-state index >= 15 is 0 Å². The molecule has 0 unspecified atom stereocenters. The molecule has 0 aliphatic rings. The number of anilines is 2. The minimum Gasteiger partial charge on any atom is -0.494 e. The Hall–Kier alpha value is -1.87. The van der Waals surface area contributed by atoms with Gasteiger partial charge >= 0.3 is 0 Å². The highest BCUT2D eigenvalue weighted by molar-refractivity contribution is 6.30. The maximum atomic E-state index is 5.84. The average molecular weight is 291 g/mol. The number of rotatable bonds is 7. The second-order valence-electron chi connectivity index (χ2n) is 4.32. The fourth-order valence-electron chi connectivity index (χ4n) is 1.82. The van der Waals surface area contributed by atoms with Gasteiger partial charge in [-0.3, -0.25) is 0 Å². The molecule has 0 heterocycles. The minimum absolute atomic E-state index is 0.692. The first-order valence-electron chi connectivity index (χ1n) is 6.74. The molecule has 106 valence electrons. The molecule has 0 spiro atoms. The van der Waals surface area contributed by atoms with E-state index in [2.05, 4.69) is 10.6 Å². The van der Waals surface area contributed by atoms with Gasteiger partial charge < -0.3 is 15.4 Å². The molecule has 0 saturated carbocycles. The predicted molar refractivity (Wildman–Crippen MR) is 86.0 cm³/mol. The topological polar surface area (TPSA) is 33.3 Å². The van der Waals surface area contributed by atoms with Crippen LogP contribution in [0.15, 0.2) is 48.5 Å². The molecular weight excluding hydrogens is 272 g/mol. The first-order valence-corrected chi connectivity index (χ1v) is 7.12. The van der Waals surface area contributed by atoms with E-state index in [0.717, 1.165) is 35.2 Å². The van der Waals surface area contributed by atoms with Gasteiger partial charge in [-0.25, -0.2) is 0 Å². The Morgan fingerprint density at radius 2 is 1.35 bits per heavy atom. The van der Waals surface area contributed by atoms with Gasteiger partial charge in [0.2, 0.25) is 0 Å². The summed E-state index contributed by atoms with van der Waals surface area (Å²) in [6, 6.07) is 15.7. The standard InChI is InChI=1S/C16H19ClN2O/c1-2-20-16-9-7-15(8-10-16)19-12-11-18-14-5-3-13(17)4-6-14/h3-10,18-19H,2,11-12H2,1H3. The first kappa shape index (κ1) is 14.5. The zero-order valence-electron chi connectivity index (χ0n) is 11.5. The van der Waals surface area contributed by atoms with Gasteiger partial charge in [-0.2, -0.15) is 0 Å². The fraction of sp³-hybridized carbons (Fsp3) is 0.250. The summed E-state index contributed by atoms with van der Waals surface area (Å²) in [5.74, 6) is 0.900. The van der Waals surface area contributed by atoms with E-state index in [1.165, 1.54) is 0 Å². The molecule has 2 aromatic carbocycles. The van der Waals surface area contributed by atoms with Crippen molar-refractivity contribution in [3.05, 3.63) is 53.6 Å². The largest absolute Gasteiger partial charge is 0.494 e. The van der Waals surface area contributed by atoms with Crippen molar-refractivity contribution in [3.8, 4) is 5.75 Å². The number of benzene rings is 2. The van der Waals surface area contributed by atoms with E-state index in [1.807, 2.05) is 55.5 Å². The molecule has 2 N–H and O–H groups in total. The Morgan fingerprint density at radius 3 is 1.85 bits per heavy atom. The molecule has 2 rings (SSSR count). The van der Waals surface area contributed by atoms with Gasteiger partial charge in [-0.05, 0) is 55.5 Å². The lowest BCUT2D eigenvalue weighted by molar-refractivity contribution is 0.340. The van der Waals surface area contributed by atoms with Gasteiger partial charge in [0.1, 0.15) is 5.75 Å². The van der Waals surface area contributed by atoms with Gasteiger partial charge in [0.15, 0.2) is 0 Å². The molecule has 0 fully saturated rings. The van der Waals surface area contributed by atoms with Crippen LogP contribution in [0.4, 0.5) is 11.4 Å². The van der Waals surface area contributed by atoms with Crippen LogP contribution in [0, 0.1) is 0 Å². The molecule has 0 aliphatic carbocycles. The van der Waals surface area contributed by atoms with Crippen molar-refractivity contribution in [3.63, 3.8) is 0 Å². The molecule has 3 nitrogen and oxygen atoms in total. The van der Waals surface area contributed by atoms with Crippen molar-refractivity contribution in [1.82, 2.24) is 0 Å². The van der Waals surface area contributed by atoms with Crippen LogP contribution in [0.5, 0.6) is 5.75 Å². The summed E-state index contributed by atoms with van der Waals surface area (Å²) in [4.78, 5) is 0. The zero-order chi connectivity index (χ0) is 14.2. The lowest BCUT2D eigenvalue weighted by atomic mass is 10.3. The number of hydrogen-bond acceptors (Lipinski definition) is 3. The Bertz CT molecular complexity index is 511. The molecule has 20 heavy (non-hydrogen) atoms. The minimum atomic E-state index is 0.692. The molecule has 0 radical (unpaired) electrons. The zero-order valence-corrected chi connectivity index (χ0v) is 12.3. The van der Waals surface area contributed by atoms with Crippen LogP contribution in [0.25, 0.3) is 0 Å². The van der Waals surface area contributed by atoms with Crippen LogP contribution >= 0.6 is 11.6 Å². The number of halogens is 1. The van der Waals surface area contributed by atoms with Gasteiger partial charge in [0.25, 0.3) is 0 Å². The first-order chi connectivity index (χ1) is 9.78. The number of hydrogen-bond donors (Lipinski definition) is 2. The summed E-state index contributed by atoms with van der Waals surface area (Å²) < 4.78 is 5.40. The predicted octanol–water partition coefficient (Wildman–Crippen LogP) is 4.26. The van der Waals surface area contributed by atoms with Gasteiger partial charge in [-0.1, -0.05) is 11.6 Å². The number of nitrogens with one attached hydrogen (secondary N) is 2. The molecule has 4 heteroatoms. The Kier molecular flexibility index (Phi) is 5.56. The van der Waals surface area contributed by atoms with E-state index < -0.39 is 0 Å². The lowest BCUT2D eigenvalue weighted by Crippen LogP contribution is -2.13. The third-order valence-electron chi connectivity index (χ3n) is 2.79. The van der Waals surface area contributed by atoms with Gasteiger partial charge in [0, 0.05) is 29.5 Å². The Labute approximate surface area is 124 Å². The van der Waals surface area contributed by atoms with E-state index in [1.54, 1.807) is 0 Å². The fourth-order valence-corrected chi connectivity index (χ4v) is 1.94.